The van der Waals surface area contributed by atoms with E-state index in [0.29, 0.717) is 6.04 Å². The number of hydrogen-bond acceptors (Lipinski definition) is 3. The first-order valence-corrected chi connectivity index (χ1v) is 11.0. The number of rotatable bonds is 12. The van der Waals surface area contributed by atoms with Gasteiger partial charge in [0.1, 0.15) is 12.0 Å². The van der Waals surface area contributed by atoms with E-state index in [9.17, 15) is 0 Å². The molecule has 3 nitrogen and oxygen atoms in total. The molecule has 0 saturated heterocycles. The Labute approximate surface area is 162 Å². The van der Waals surface area contributed by atoms with E-state index in [0.717, 1.165) is 18.6 Å². The molecule has 22 heavy (non-hydrogen) atoms. The first-order chi connectivity index (χ1) is 10.7. The van der Waals surface area contributed by atoms with E-state index in [2.05, 4.69) is 87.1 Å². The van der Waals surface area contributed by atoms with Gasteiger partial charge in [0, 0.05) is 6.04 Å². The third-order valence-electron chi connectivity index (χ3n) is 3.68. The zero-order valence-electron chi connectivity index (χ0n) is 13.6. The summed E-state index contributed by atoms with van der Waals surface area (Å²) >= 11 is 4.86. The fourth-order valence-corrected chi connectivity index (χ4v) is 3.27. The Morgan fingerprint density at radius 2 is 1.77 bits per heavy atom. The van der Waals surface area contributed by atoms with Crippen LogP contribution in [0.15, 0.2) is 24.3 Å². The number of ether oxygens (including phenoxy) is 1. The number of hydrogen-bond donors (Lipinski definition) is 2. The zero-order chi connectivity index (χ0) is 16.2. The lowest BCUT2D eigenvalue weighted by Crippen LogP contribution is -2.31. The van der Waals surface area contributed by atoms with Crippen molar-refractivity contribution in [3.05, 3.63) is 29.8 Å². The summed E-state index contributed by atoms with van der Waals surface area (Å²) in [5.41, 5.74) is 1.34. The Morgan fingerprint density at radius 3 is 2.41 bits per heavy atom. The lowest BCUT2D eigenvalue weighted by atomic mass is 10.0. The Morgan fingerprint density at radius 1 is 1.05 bits per heavy atom. The summed E-state index contributed by atoms with van der Waals surface area (Å²) in [6.45, 7) is 0. The molecule has 126 valence electrons. The van der Waals surface area contributed by atoms with Crippen LogP contribution in [-0.2, 0) is 6.42 Å². The van der Waals surface area contributed by atoms with Crippen molar-refractivity contribution in [3.8, 4) is 5.75 Å². The van der Waals surface area contributed by atoms with Crippen molar-refractivity contribution in [2.24, 2.45) is 0 Å². The molecule has 2 N–H and O–H groups in total. The van der Waals surface area contributed by atoms with Crippen molar-refractivity contribution in [2.75, 3.05) is 23.0 Å². The summed E-state index contributed by atoms with van der Waals surface area (Å²) in [4.78, 5) is 0. The van der Waals surface area contributed by atoms with Gasteiger partial charge >= 0.3 is 0 Å². The molecule has 0 aliphatic heterocycles. The maximum Gasteiger partial charge on any atom is 0.149 e. The van der Waals surface area contributed by atoms with Crippen LogP contribution in [0.4, 0.5) is 0 Å². The van der Waals surface area contributed by atoms with Crippen LogP contribution in [0.3, 0.4) is 0 Å². The van der Waals surface area contributed by atoms with Crippen LogP contribution < -0.4 is 15.4 Å². The van der Waals surface area contributed by atoms with Gasteiger partial charge in [-0.05, 0) is 72.8 Å². The molecule has 1 aromatic carbocycles. The van der Waals surface area contributed by atoms with E-state index in [-0.39, 0.29) is 6.23 Å². The summed E-state index contributed by atoms with van der Waals surface area (Å²) in [5, 5.41) is 6.67. The second-order valence-electron chi connectivity index (χ2n) is 5.39. The minimum atomic E-state index is 0.101. The number of benzene rings is 1. The van der Waals surface area contributed by atoms with Crippen molar-refractivity contribution in [2.45, 2.75) is 44.4 Å². The molecule has 0 radical (unpaired) electrons. The lowest BCUT2D eigenvalue weighted by Gasteiger charge is -2.19. The minimum absolute atomic E-state index is 0.101. The average molecular weight is 530 g/mol. The van der Waals surface area contributed by atoms with Crippen LogP contribution in [0.1, 0.15) is 31.2 Å². The second kappa shape index (κ2) is 12.8. The van der Waals surface area contributed by atoms with E-state index in [1.165, 1.54) is 33.7 Å². The molecule has 1 aromatic rings. The van der Waals surface area contributed by atoms with Gasteiger partial charge in [0.25, 0.3) is 0 Å². The summed E-state index contributed by atoms with van der Waals surface area (Å²) in [7, 11) is 4.02. The zero-order valence-corrected chi connectivity index (χ0v) is 17.9. The van der Waals surface area contributed by atoms with Crippen LogP contribution in [-0.4, -0.2) is 35.2 Å². The Balaban J connectivity index is 2.60. The minimum Gasteiger partial charge on any atom is -0.475 e. The highest BCUT2D eigenvalue weighted by molar-refractivity contribution is 14.1. The largest absolute Gasteiger partial charge is 0.475 e. The second-order valence-corrected chi connectivity index (χ2v) is 7.55. The maximum absolute atomic E-state index is 6.07. The van der Waals surface area contributed by atoms with Crippen molar-refractivity contribution >= 4 is 45.2 Å². The molecule has 2 atom stereocenters. The fraction of sp³-hybridized carbons (Fsp3) is 0.647. The molecule has 0 spiro atoms. The van der Waals surface area contributed by atoms with E-state index >= 15 is 0 Å². The molecule has 2 unspecified atom stereocenters. The third kappa shape index (κ3) is 8.31. The fourth-order valence-electron chi connectivity index (χ4n) is 2.39. The normalized spacial score (nSPS) is 13.8. The van der Waals surface area contributed by atoms with Crippen LogP contribution in [0.2, 0.25) is 0 Å². The first kappa shape index (κ1) is 20.4. The van der Waals surface area contributed by atoms with E-state index in [1.54, 1.807) is 0 Å². The molecule has 0 aliphatic carbocycles. The van der Waals surface area contributed by atoms with Crippen LogP contribution in [0.25, 0.3) is 0 Å². The molecule has 0 fully saturated rings. The average Bonchev–Trinajstić information content (AvgIpc) is 2.55. The Kier molecular flexibility index (Phi) is 11.9. The topological polar surface area (TPSA) is 33.3 Å². The van der Waals surface area contributed by atoms with Gasteiger partial charge in [-0.3, -0.25) is 5.32 Å². The van der Waals surface area contributed by atoms with Crippen molar-refractivity contribution in [1.29, 1.82) is 0 Å². The molecule has 5 heteroatoms. The number of alkyl halides is 2. The molecule has 0 amide bonds. The van der Waals surface area contributed by atoms with Gasteiger partial charge in [0.05, 0.1) is 0 Å². The van der Waals surface area contributed by atoms with Gasteiger partial charge in [-0.2, -0.15) is 0 Å². The molecule has 0 aromatic heterocycles. The highest BCUT2D eigenvalue weighted by atomic mass is 127. The van der Waals surface area contributed by atoms with E-state index in [4.69, 9.17) is 4.74 Å². The van der Waals surface area contributed by atoms with Gasteiger partial charge in [-0.25, -0.2) is 0 Å². The van der Waals surface area contributed by atoms with Crippen molar-refractivity contribution in [1.82, 2.24) is 10.6 Å². The quantitative estimate of drug-likeness (QED) is 0.242. The van der Waals surface area contributed by atoms with E-state index < -0.39 is 0 Å². The van der Waals surface area contributed by atoms with Crippen molar-refractivity contribution < 1.29 is 4.74 Å². The highest BCUT2D eigenvalue weighted by Crippen LogP contribution is 2.18. The standard InChI is InChI=1S/C17H28I2N2O/c1-20-15(7-4-10-18)12-14-6-3-8-16(13-14)22-17(21-2)9-5-11-19/h3,6,8,13,15,17,20-21H,4-5,7,9-12H2,1-2H3. The third-order valence-corrected chi connectivity index (χ3v) is 5.20. The smallest absolute Gasteiger partial charge is 0.149 e. The Bertz CT molecular complexity index is 371. The van der Waals surface area contributed by atoms with Gasteiger partial charge in [-0.15, -0.1) is 0 Å². The van der Waals surface area contributed by atoms with Crippen molar-refractivity contribution in [3.63, 3.8) is 0 Å². The summed E-state index contributed by atoms with van der Waals surface area (Å²) in [5.74, 6) is 0.967. The number of nitrogens with one attached hydrogen (secondary N) is 2. The molecular weight excluding hydrogens is 502 g/mol. The predicted octanol–water partition coefficient (Wildman–Crippen LogP) is 4.17. The van der Waals surface area contributed by atoms with Crippen LogP contribution in [0.5, 0.6) is 5.75 Å². The lowest BCUT2D eigenvalue weighted by molar-refractivity contribution is 0.163. The molecule has 0 saturated carbocycles. The monoisotopic (exact) mass is 530 g/mol. The van der Waals surface area contributed by atoms with Gasteiger partial charge in [0.15, 0.2) is 0 Å². The number of halogens is 2. The first-order valence-electron chi connectivity index (χ1n) is 7.95. The maximum atomic E-state index is 6.07. The van der Waals surface area contributed by atoms with Gasteiger partial charge in [0.2, 0.25) is 0 Å². The number of likely N-dealkylation sites (N-methyl/N-ethyl adjacent to an activating group) is 1. The van der Waals surface area contributed by atoms with Crippen LogP contribution in [0, 0.1) is 0 Å². The predicted molar refractivity (Wildman–Crippen MR) is 113 cm³/mol. The van der Waals surface area contributed by atoms with Gasteiger partial charge in [-0.1, -0.05) is 57.3 Å². The molecule has 0 bridgehead atoms. The summed E-state index contributed by atoms with van der Waals surface area (Å²) in [6.07, 6.45) is 5.86. The molecular formula is C17H28I2N2O. The molecule has 0 heterocycles. The van der Waals surface area contributed by atoms with Gasteiger partial charge < -0.3 is 10.1 Å². The SMILES string of the molecule is CNC(CCCI)Cc1cccc(OC(CCCI)NC)c1. The van der Waals surface area contributed by atoms with Crippen LogP contribution >= 0.6 is 45.2 Å². The molecule has 0 aliphatic rings. The Hall–Kier alpha value is 0.400. The summed E-state index contributed by atoms with van der Waals surface area (Å²) < 4.78 is 8.46. The molecule has 1 rings (SSSR count). The summed E-state index contributed by atoms with van der Waals surface area (Å²) in [6, 6.07) is 9.07. The highest BCUT2D eigenvalue weighted by Gasteiger charge is 2.10. The van der Waals surface area contributed by atoms with E-state index in [1.807, 2.05) is 7.05 Å².